The number of rotatable bonds is 8. The fraction of sp³-hybridized carbons (Fsp3) is 0.259. The van der Waals surface area contributed by atoms with Crippen molar-refractivity contribution in [2.75, 3.05) is 39.1 Å². The standard InChI is InChI=1S/C27H26ClN3O4S2/c1-37(33)21-6-4-5-19(15-21)25-9-10-26(36-25)24-16-20(29-31(24)23-8-3-2-7-22(23)28)18-35-27(32)17-30-11-13-34-14-12-30/h2-10,15-16H,11-14,17-18H2,1H3. The summed E-state index contributed by atoms with van der Waals surface area (Å²) in [6.45, 7) is 2.99. The number of carbonyl (C=O) groups is 1. The van der Waals surface area contributed by atoms with Gasteiger partial charge in [0, 0.05) is 39.9 Å². The molecule has 0 aliphatic carbocycles. The van der Waals surface area contributed by atoms with E-state index in [-0.39, 0.29) is 19.1 Å². The number of esters is 1. The molecule has 1 atom stereocenters. The second kappa shape index (κ2) is 11.7. The molecule has 2 aromatic carbocycles. The predicted molar refractivity (Wildman–Crippen MR) is 147 cm³/mol. The van der Waals surface area contributed by atoms with Gasteiger partial charge in [-0.05, 0) is 48.0 Å². The van der Waals surface area contributed by atoms with Gasteiger partial charge in [0.05, 0.1) is 41.0 Å². The van der Waals surface area contributed by atoms with Gasteiger partial charge >= 0.3 is 5.97 Å². The number of nitrogens with zero attached hydrogens (tertiary/aromatic N) is 3. The first kappa shape index (κ1) is 25.8. The highest BCUT2D eigenvalue weighted by Crippen LogP contribution is 2.37. The Morgan fingerprint density at radius 2 is 1.86 bits per heavy atom. The van der Waals surface area contributed by atoms with Crippen LogP contribution in [0.5, 0.6) is 0 Å². The van der Waals surface area contributed by atoms with Crippen molar-refractivity contribution < 1.29 is 18.5 Å². The van der Waals surface area contributed by atoms with Gasteiger partial charge in [0.25, 0.3) is 0 Å². The van der Waals surface area contributed by atoms with Gasteiger partial charge in [-0.15, -0.1) is 11.3 Å². The van der Waals surface area contributed by atoms with Crippen LogP contribution in [0.1, 0.15) is 5.69 Å². The van der Waals surface area contributed by atoms with Gasteiger partial charge in [-0.1, -0.05) is 35.9 Å². The Kier molecular flexibility index (Phi) is 8.17. The molecule has 1 fully saturated rings. The number of hydrogen-bond acceptors (Lipinski definition) is 7. The Hall–Kier alpha value is -2.82. The summed E-state index contributed by atoms with van der Waals surface area (Å²) >= 11 is 8.13. The monoisotopic (exact) mass is 555 g/mol. The third-order valence-electron chi connectivity index (χ3n) is 5.99. The third-order valence-corrected chi connectivity index (χ3v) is 8.38. The molecule has 3 heterocycles. The summed E-state index contributed by atoms with van der Waals surface area (Å²) in [4.78, 5) is 17.3. The SMILES string of the molecule is CS(=O)c1cccc(-c2ccc(-c3cc(COC(=O)CN4CCOCC4)nn3-c3ccccc3Cl)s2)c1. The van der Waals surface area contributed by atoms with E-state index in [1.54, 1.807) is 22.3 Å². The van der Waals surface area contributed by atoms with Crippen LogP contribution in [-0.4, -0.2) is 64.0 Å². The highest BCUT2D eigenvalue weighted by molar-refractivity contribution is 7.84. The van der Waals surface area contributed by atoms with Gasteiger partial charge in [0.2, 0.25) is 0 Å². The number of thiophene rings is 1. The van der Waals surface area contributed by atoms with E-state index in [2.05, 4.69) is 0 Å². The van der Waals surface area contributed by atoms with Crippen LogP contribution < -0.4 is 0 Å². The lowest BCUT2D eigenvalue weighted by atomic mass is 10.2. The molecule has 0 amide bonds. The number of morpholine rings is 1. The van der Waals surface area contributed by atoms with Crippen LogP contribution in [-0.2, 0) is 31.7 Å². The lowest BCUT2D eigenvalue weighted by Gasteiger charge is -2.25. The van der Waals surface area contributed by atoms with Crippen molar-refractivity contribution in [3.63, 3.8) is 0 Å². The number of para-hydroxylation sites is 1. The molecule has 37 heavy (non-hydrogen) atoms. The van der Waals surface area contributed by atoms with Crippen molar-refractivity contribution in [2.45, 2.75) is 11.5 Å². The second-order valence-corrected chi connectivity index (χ2v) is 11.4. The molecule has 192 valence electrons. The molecule has 4 aromatic rings. The molecule has 0 radical (unpaired) electrons. The topological polar surface area (TPSA) is 73.7 Å². The third kappa shape index (κ3) is 6.19. The minimum Gasteiger partial charge on any atom is -0.458 e. The maximum atomic E-state index is 12.4. The summed E-state index contributed by atoms with van der Waals surface area (Å²) in [7, 11) is -1.05. The summed E-state index contributed by atoms with van der Waals surface area (Å²) in [6.07, 6.45) is 1.68. The van der Waals surface area contributed by atoms with Crippen LogP contribution in [0, 0.1) is 0 Å². The molecule has 1 saturated heterocycles. The van der Waals surface area contributed by atoms with E-state index in [0.717, 1.165) is 44.7 Å². The lowest BCUT2D eigenvalue weighted by Crippen LogP contribution is -2.40. The first-order valence-corrected chi connectivity index (χ1v) is 14.6. The first-order valence-electron chi connectivity index (χ1n) is 11.8. The van der Waals surface area contributed by atoms with Crippen molar-refractivity contribution in [1.29, 1.82) is 0 Å². The van der Waals surface area contributed by atoms with Crippen LogP contribution in [0.2, 0.25) is 5.02 Å². The zero-order valence-electron chi connectivity index (χ0n) is 20.3. The number of ether oxygens (including phenoxy) is 2. The Labute approximate surface area is 227 Å². The zero-order chi connectivity index (χ0) is 25.8. The minimum atomic E-state index is -1.05. The zero-order valence-corrected chi connectivity index (χ0v) is 22.7. The number of hydrogen-bond donors (Lipinski definition) is 0. The quantitative estimate of drug-likeness (QED) is 0.284. The van der Waals surface area contributed by atoms with E-state index in [1.165, 1.54) is 0 Å². The summed E-state index contributed by atoms with van der Waals surface area (Å²) in [5.74, 6) is -0.289. The van der Waals surface area contributed by atoms with Crippen molar-refractivity contribution in [3.8, 4) is 26.7 Å². The molecule has 0 bridgehead atoms. The molecule has 7 nitrogen and oxygen atoms in total. The molecule has 2 aromatic heterocycles. The molecule has 0 spiro atoms. The highest BCUT2D eigenvalue weighted by Gasteiger charge is 2.19. The fourth-order valence-electron chi connectivity index (χ4n) is 4.08. The smallest absolute Gasteiger partial charge is 0.320 e. The summed E-state index contributed by atoms with van der Waals surface area (Å²) in [6, 6.07) is 21.3. The summed E-state index contributed by atoms with van der Waals surface area (Å²) in [5, 5.41) is 5.31. The Bertz CT molecular complexity index is 1430. The lowest BCUT2D eigenvalue weighted by molar-refractivity contribution is -0.147. The Morgan fingerprint density at radius 3 is 2.65 bits per heavy atom. The molecule has 5 rings (SSSR count). The van der Waals surface area contributed by atoms with Crippen molar-refractivity contribution in [3.05, 3.63) is 77.4 Å². The van der Waals surface area contributed by atoms with E-state index >= 15 is 0 Å². The number of halogens is 1. The average molecular weight is 556 g/mol. The van der Waals surface area contributed by atoms with Crippen LogP contribution in [0.15, 0.2) is 71.6 Å². The van der Waals surface area contributed by atoms with Crippen molar-refractivity contribution in [1.82, 2.24) is 14.7 Å². The maximum absolute atomic E-state index is 12.4. The van der Waals surface area contributed by atoms with Crippen molar-refractivity contribution in [2.24, 2.45) is 0 Å². The van der Waals surface area contributed by atoms with E-state index in [1.807, 2.05) is 71.6 Å². The van der Waals surface area contributed by atoms with Crippen LogP contribution in [0.4, 0.5) is 0 Å². The van der Waals surface area contributed by atoms with Gasteiger partial charge in [0.15, 0.2) is 0 Å². The van der Waals surface area contributed by atoms with Gasteiger partial charge in [0.1, 0.15) is 12.3 Å². The molecular formula is C27H26ClN3O4S2. The van der Waals surface area contributed by atoms with Crippen LogP contribution >= 0.6 is 22.9 Å². The predicted octanol–water partition coefficient (Wildman–Crippen LogP) is 5.03. The summed E-state index contributed by atoms with van der Waals surface area (Å²) < 4.78 is 24.6. The average Bonchev–Trinajstić information content (AvgIpc) is 3.56. The van der Waals surface area contributed by atoms with E-state index in [0.29, 0.717) is 23.9 Å². The fourth-order valence-corrected chi connectivity index (χ4v) is 5.87. The van der Waals surface area contributed by atoms with E-state index in [4.69, 9.17) is 26.2 Å². The van der Waals surface area contributed by atoms with Gasteiger partial charge in [-0.3, -0.25) is 13.9 Å². The molecule has 0 N–H and O–H groups in total. The van der Waals surface area contributed by atoms with Gasteiger partial charge in [-0.2, -0.15) is 5.10 Å². The van der Waals surface area contributed by atoms with Crippen molar-refractivity contribution >= 4 is 39.7 Å². The minimum absolute atomic E-state index is 0.0657. The molecule has 0 saturated carbocycles. The number of carbonyl (C=O) groups excluding carboxylic acids is 1. The number of benzene rings is 2. The van der Waals surface area contributed by atoms with E-state index in [9.17, 15) is 9.00 Å². The maximum Gasteiger partial charge on any atom is 0.320 e. The Morgan fingerprint density at radius 1 is 1.08 bits per heavy atom. The molecule has 1 aliphatic heterocycles. The van der Waals surface area contributed by atoms with Crippen LogP contribution in [0.3, 0.4) is 0 Å². The molecule has 1 aliphatic rings. The number of aromatic nitrogens is 2. The highest BCUT2D eigenvalue weighted by atomic mass is 35.5. The normalized spacial score (nSPS) is 15.0. The molecular weight excluding hydrogens is 530 g/mol. The summed E-state index contributed by atoms with van der Waals surface area (Å²) in [5.41, 5.74) is 3.22. The Balaban J connectivity index is 1.41. The van der Waals surface area contributed by atoms with E-state index < -0.39 is 10.8 Å². The van der Waals surface area contributed by atoms with Gasteiger partial charge < -0.3 is 9.47 Å². The molecule has 1 unspecified atom stereocenters. The molecule has 10 heteroatoms. The van der Waals surface area contributed by atoms with Gasteiger partial charge in [-0.25, -0.2) is 4.68 Å². The largest absolute Gasteiger partial charge is 0.458 e. The van der Waals surface area contributed by atoms with Crippen LogP contribution in [0.25, 0.3) is 26.7 Å². The first-order chi connectivity index (χ1) is 18.0. The second-order valence-electron chi connectivity index (χ2n) is 8.58.